The molecule has 2 fully saturated rings. The number of hydrogen-bond acceptors (Lipinski definition) is 9. The number of aryl methyl sites for hydroxylation is 1. The van der Waals surface area contributed by atoms with Crippen LogP contribution < -0.4 is 0 Å². The van der Waals surface area contributed by atoms with Gasteiger partial charge in [0.25, 0.3) is 0 Å². The SMILES string of the molecule is CCn1c(CSc2nnnn2C[C@H]2CCCO2)nc2cc(S(=O)(=O)N3CCOCC3)ccc21. The molecule has 2 aliphatic heterocycles. The molecule has 2 aromatic heterocycles. The van der Waals surface area contributed by atoms with Gasteiger partial charge in [0.05, 0.1) is 47.5 Å². The topological polar surface area (TPSA) is 117 Å². The lowest BCUT2D eigenvalue weighted by Crippen LogP contribution is -2.40. The molecule has 0 saturated carbocycles. The van der Waals surface area contributed by atoms with Crippen LogP contribution in [0.25, 0.3) is 11.0 Å². The first kappa shape index (κ1) is 22.7. The van der Waals surface area contributed by atoms with E-state index in [1.54, 1.807) is 16.8 Å². The number of hydrogen-bond donors (Lipinski definition) is 0. The van der Waals surface area contributed by atoms with E-state index in [0.29, 0.717) is 44.1 Å². The Bertz CT molecular complexity index is 1210. The number of benzene rings is 1. The second-order valence-electron chi connectivity index (χ2n) is 8.01. The zero-order chi connectivity index (χ0) is 22.8. The normalized spacial score (nSPS) is 20.1. The molecule has 0 amide bonds. The number of ether oxygens (including phenoxy) is 2. The van der Waals surface area contributed by atoms with Gasteiger partial charge in [-0.15, -0.1) is 5.10 Å². The fourth-order valence-electron chi connectivity index (χ4n) is 4.24. The first-order valence-electron chi connectivity index (χ1n) is 11.1. The van der Waals surface area contributed by atoms with Crippen LogP contribution in [0, 0.1) is 0 Å². The third-order valence-electron chi connectivity index (χ3n) is 5.95. The molecule has 13 heteroatoms. The lowest BCUT2D eigenvalue weighted by molar-refractivity contribution is 0.0730. The smallest absolute Gasteiger partial charge is 0.243 e. The van der Waals surface area contributed by atoms with Crippen molar-refractivity contribution < 1.29 is 17.9 Å². The van der Waals surface area contributed by atoms with Gasteiger partial charge in [-0.3, -0.25) is 0 Å². The largest absolute Gasteiger partial charge is 0.379 e. The quantitative estimate of drug-likeness (QED) is 0.431. The molecule has 0 unspecified atom stereocenters. The van der Waals surface area contributed by atoms with Crippen molar-refractivity contribution in [2.75, 3.05) is 32.9 Å². The highest BCUT2D eigenvalue weighted by atomic mass is 32.2. The van der Waals surface area contributed by atoms with E-state index in [2.05, 4.69) is 27.0 Å². The van der Waals surface area contributed by atoms with Crippen LogP contribution in [0.1, 0.15) is 25.6 Å². The predicted molar refractivity (Wildman–Crippen MR) is 121 cm³/mol. The van der Waals surface area contributed by atoms with Crippen LogP contribution in [0.15, 0.2) is 28.3 Å². The maximum absolute atomic E-state index is 13.0. The molecule has 0 aliphatic carbocycles. The van der Waals surface area contributed by atoms with E-state index in [0.717, 1.165) is 42.5 Å². The van der Waals surface area contributed by atoms with Crippen LogP contribution >= 0.6 is 11.8 Å². The average molecular weight is 494 g/mol. The van der Waals surface area contributed by atoms with Gasteiger partial charge < -0.3 is 14.0 Å². The molecule has 4 heterocycles. The van der Waals surface area contributed by atoms with Crippen molar-refractivity contribution in [2.45, 2.75) is 54.8 Å². The Labute approximate surface area is 196 Å². The minimum atomic E-state index is -3.57. The van der Waals surface area contributed by atoms with Crippen molar-refractivity contribution >= 4 is 32.8 Å². The number of aromatic nitrogens is 6. The van der Waals surface area contributed by atoms with E-state index < -0.39 is 10.0 Å². The van der Waals surface area contributed by atoms with Gasteiger partial charge in [0.15, 0.2) is 0 Å². The molecule has 2 saturated heterocycles. The summed E-state index contributed by atoms with van der Waals surface area (Å²) in [6.45, 7) is 5.77. The summed E-state index contributed by atoms with van der Waals surface area (Å²) in [6, 6.07) is 5.18. The Morgan fingerprint density at radius 1 is 1.21 bits per heavy atom. The summed E-state index contributed by atoms with van der Waals surface area (Å²) < 4.78 is 42.4. The minimum Gasteiger partial charge on any atom is -0.379 e. The van der Waals surface area contributed by atoms with Gasteiger partial charge in [-0.1, -0.05) is 11.8 Å². The van der Waals surface area contributed by atoms with Gasteiger partial charge in [-0.2, -0.15) is 4.31 Å². The highest BCUT2D eigenvalue weighted by molar-refractivity contribution is 7.98. The Kier molecular flexibility index (Phi) is 6.65. The first-order chi connectivity index (χ1) is 16.1. The molecular formula is C20H27N7O4S2. The molecule has 3 aromatic rings. The van der Waals surface area contributed by atoms with Gasteiger partial charge in [-0.05, 0) is 48.4 Å². The second-order valence-corrected chi connectivity index (χ2v) is 10.9. The first-order valence-corrected chi connectivity index (χ1v) is 13.6. The number of sulfonamides is 1. The number of thioether (sulfide) groups is 1. The summed E-state index contributed by atoms with van der Waals surface area (Å²) in [5.41, 5.74) is 1.58. The van der Waals surface area contributed by atoms with E-state index in [-0.39, 0.29) is 11.0 Å². The van der Waals surface area contributed by atoms with Gasteiger partial charge in [-0.25, -0.2) is 18.1 Å². The Hall–Kier alpha value is -2.06. The summed E-state index contributed by atoms with van der Waals surface area (Å²) in [7, 11) is -3.57. The van der Waals surface area contributed by atoms with E-state index in [4.69, 9.17) is 14.5 Å². The van der Waals surface area contributed by atoms with Crippen molar-refractivity contribution in [3.05, 3.63) is 24.0 Å². The van der Waals surface area contributed by atoms with Gasteiger partial charge in [0.1, 0.15) is 5.82 Å². The molecule has 33 heavy (non-hydrogen) atoms. The zero-order valence-electron chi connectivity index (χ0n) is 18.5. The van der Waals surface area contributed by atoms with E-state index in [1.165, 1.54) is 16.1 Å². The fraction of sp³-hybridized carbons (Fsp3) is 0.600. The maximum atomic E-state index is 13.0. The molecule has 1 atom stereocenters. The van der Waals surface area contributed by atoms with Crippen LogP contribution in [0.3, 0.4) is 0 Å². The lowest BCUT2D eigenvalue weighted by atomic mass is 10.2. The van der Waals surface area contributed by atoms with E-state index >= 15 is 0 Å². The lowest BCUT2D eigenvalue weighted by Gasteiger charge is -2.26. The van der Waals surface area contributed by atoms with Crippen LogP contribution in [0.4, 0.5) is 0 Å². The van der Waals surface area contributed by atoms with Gasteiger partial charge in [0, 0.05) is 26.2 Å². The molecule has 0 N–H and O–H groups in total. The number of morpholine rings is 1. The predicted octanol–water partition coefficient (Wildman–Crippen LogP) is 1.53. The number of rotatable bonds is 8. The number of imidazole rings is 1. The van der Waals surface area contributed by atoms with Gasteiger partial charge >= 0.3 is 0 Å². The highest BCUT2D eigenvalue weighted by Gasteiger charge is 2.27. The summed E-state index contributed by atoms with van der Waals surface area (Å²) in [5, 5.41) is 12.8. The second kappa shape index (κ2) is 9.66. The number of nitrogens with zero attached hydrogens (tertiary/aromatic N) is 7. The molecule has 5 rings (SSSR count). The highest BCUT2D eigenvalue weighted by Crippen LogP contribution is 2.27. The molecule has 2 aliphatic rings. The average Bonchev–Trinajstić information content (AvgIpc) is 3.58. The van der Waals surface area contributed by atoms with Crippen molar-refractivity contribution in [2.24, 2.45) is 0 Å². The summed E-state index contributed by atoms with van der Waals surface area (Å²) in [4.78, 5) is 5.03. The van der Waals surface area contributed by atoms with Crippen LogP contribution in [-0.4, -0.2) is 81.5 Å². The molecule has 11 nitrogen and oxygen atoms in total. The van der Waals surface area contributed by atoms with Crippen LogP contribution in [0.2, 0.25) is 0 Å². The molecule has 0 spiro atoms. The molecular weight excluding hydrogens is 466 g/mol. The van der Waals surface area contributed by atoms with Crippen molar-refractivity contribution in [1.29, 1.82) is 0 Å². The number of fused-ring (bicyclic) bond motifs is 1. The van der Waals surface area contributed by atoms with E-state index in [9.17, 15) is 8.42 Å². The standard InChI is InChI=1S/C20H27N7O4S2/c1-2-26-18-6-5-16(33(28,29)25-7-10-30-11-8-25)12-17(18)21-19(26)14-32-20-22-23-24-27(20)13-15-4-3-9-31-15/h5-6,12,15H,2-4,7-11,13-14H2,1H3/t15-/m1/s1. The van der Waals surface area contributed by atoms with Gasteiger partial charge in [0.2, 0.25) is 15.2 Å². The van der Waals surface area contributed by atoms with Crippen LogP contribution in [0.5, 0.6) is 0 Å². The van der Waals surface area contributed by atoms with Crippen molar-refractivity contribution in [1.82, 2.24) is 34.1 Å². The number of tetrazole rings is 1. The summed E-state index contributed by atoms with van der Waals surface area (Å²) in [5.74, 6) is 1.42. The minimum absolute atomic E-state index is 0.153. The van der Waals surface area contributed by atoms with Crippen molar-refractivity contribution in [3.63, 3.8) is 0 Å². The Morgan fingerprint density at radius 3 is 2.82 bits per heavy atom. The third-order valence-corrected chi connectivity index (χ3v) is 8.80. The Balaban J connectivity index is 1.36. The van der Waals surface area contributed by atoms with E-state index in [1.807, 2.05) is 6.07 Å². The third kappa shape index (κ3) is 4.64. The molecule has 178 valence electrons. The maximum Gasteiger partial charge on any atom is 0.243 e. The molecule has 0 radical (unpaired) electrons. The monoisotopic (exact) mass is 493 g/mol. The van der Waals surface area contributed by atoms with Crippen molar-refractivity contribution in [3.8, 4) is 0 Å². The summed E-state index contributed by atoms with van der Waals surface area (Å²) in [6.07, 6.45) is 2.24. The zero-order valence-corrected chi connectivity index (χ0v) is 20.1. The van der Waals surface area contributed by atoms with Crippen LogP contribution in [-0.2, 0) is 38.3 Å². The molecule has 1 aromatic carbocycles. The fourth-order valence-corrected chi connectivity index (χ4v) is 6.51. The summed E-state index contributed by atoms with van der Waals surface area (Å²) >= 11 is 1.52. The molecule has 0 bridgehead atoms. The Morgan fingerprint density at radius 2 is 2.06 bits per heavy atom.